The summed E-state index contributed by atoms with van der Waals surface area (Å²) in [4.78, 5) is 15.7. The van der Waals surface area contributed by atoms with Gasteiger partial charge in [0, 0.05) is 28.9 Å². The summed E-state index contributed by atoms with van der Waals surface area (Å²) < 4.78 is 11.6. The lowest BCUT2D eigenvalue weighted by molar-refractivity contribution is -0.121. The van der Waals surface area contributed by atoms with Gasteiger partial charge in [0.25, 0.3) is 0 Å². The summed E-state index contributed by atoms with van der Waals surface area (Å²) in [6.45, 7) is 4.47. The number of amides is 1. The van der Waals surface area contributed by atoms with Crippen LogP contribution in [0, 0.1) is 0 Å². The van der Waals surface area contributed by atoms with Crippen LogP contribution in [0.4, 0.5) is 0 Å². The van der Waals surface area contributed by atoms with E-state index in [1.54, 1.807) is 0 Å². The molecule has 0 saturated carbocycles. The van der Waals surface area contributed by atoms with E-state index in [0.29, 0.717) is 13.0 Å². The maximum atomic E-state index is 12.4. The Morgan fingerprint density at radius 1 is 1.21 bits per heavy atom. The van der Waals surface area contributed by atoms with Gasteiger partial charge in [-0.15, -0.1) is 0 Å². The number of rotatable bonds is 8. The molecular formula is C24H26N2O3. The molecule has 0 aliphatic heterocycles. The minimum Gasteiger partial charge on any atom is -0.490 e. The lowest BCUT2D eigenvalue weighted by Gasteiger charge is -2.11. The molecule has 2 heterocycles. The Balaban J connectivity index is 1.34. The molecule has 0 bridgehead atoms. The highest BCUT2D eigenvalue weighted by Gasteiger charge is 2.16. The number of hydrogen-bond acceptors (Lipinski definition) is 3. The Morgan fingerprint density at radius 3 is 2.93 bits per heavy atom. The van der Waals surface area contributed by atoms with Gasteiger partial charge >= 0.3 is 0 Å². The second kappa shape index (κ2) is 8.43. The molecular weight excluding hydrogens is 364 g/mol. The maximum absolute atomic E-state index is 12.4. The van der Waals surface area contributed by atoms with E-state index in [0.717, 1.165) is 40.8 Å². The van der Waals surface area contributed by atoms with Gasteiger partial charge in [-0.3, -0.25) is 4.79 Å². The second-order valence-corrected chi connectivity index (χ2v) is 7.26. The highest BCUT2D eigenvalue weighted by Crippen LogP contribution is 2.31. The standard InChI is InChI=1S/C24H26N2O3/c1-3-28-21-12-6-8-17-14-22(29-24(17)21)16(2)26-23(27)13-7-9-18-15-25-20-11-5-4-10-19(18)20/h4-6,8,10-12,14-16,25H,3,7,9,13H2,1-2H3,(H,26,27). The lowest BCUT2D eigenvalue weighted by atomic mass is 10.1. The van der Waals surface area contributed by atoms with Crippen molar-refractivity contribution in [3.05, 3.63) is 66.1 Å². The zero-order valence-electron chi connectivity index (χ0n) is 16.8. The fourth-order valence-corrected chi connectivity index (χ4v) is 3.70. The minimum atomic E-state index is -0.197. The van der Waals surface area contributed by atoms with Crippen molar-refractivity contribution < 1.29 is 13.9 Å². The van der Waals surface area contributed by atoms with E-state index in [9.17, 15) is 4.79 Å². The number of H-pyrrole nitrogens is 1. The van der Waals surface area contributed by atoms with Crippen LogP contribution < -0.4 is 10.1 Å². The van der Waals surface area contributed by atoms with Crippen molar-refractivity contribution in [3.63, 3.8) is 0 Å². The molecule has 0 aliphatic carbocycles. The van der Waals surface area contributed by atoms with Crippen LogP contribution >= 0.6 is 0 Å². The van der Waals surface area contributed by atoms with Crippen LogP contribution in [0.15, 0.2) is 59.1 Å². The van der Waals surface area contributed by atoms with Gasteiger partial charge in [-0.2, -0.15) is 0 Å². The fraction of sp³-hybridized carbons (Fsp3) is 0.292. The van der Waals surface area contributed by atoms with Gasteiger partial charge in [0.2, 0.25) is 5.91 Å². The van der Waals surface area contributed by atoms with E-state index >= 15 is 0 Å². The topological polar surface area (TPSA) is 67.3 Å². The first-order valence-corrected chi connectivity index (χ1v) is 10.2. The molecule has 4 aromatic rings. The largest absolute Gasteiger partial charge is 0.490 e. The molecule has 4 rings (SSSR count). The van der Waals surface area contributed by atoms with Crippen LogP contribution in [-0.4, -0.2) is 17.5 Å². The molecule has 2 aromatic heterocycles. The van der Waals surface area contributed by atoms with E-state index in [4.69, 9.17) is 9.15 Å². The Morgan fingerprint density at radius 2 is 2.07 bits per heavy atom. The zero-order chi connectivity index (χ0) is 20.2. The summed E-state index contributed by atoms with van der Waals surface area (Å²) in [5, 5.41) is 5.25. The van der Waals surface area contributed by atoms with Gasteiger partial charge in [0.1, 0.15) is 5.76 Å². The molecule has 0 aliphatic rings. The SMILES string of the molecule is CCOc1cccc2cc(C(C)NC(=O)CCCc3c[nH]c4ccccc34)oc12. The summed E-state index contributed by atoms with van der Waals surface area (Å²) in [7, 11) is 0. The molecule has 1 amide bonds. The van der Waals surface area contributed by atoms with Crippen molar-refractivity contribution in [2.24, 2.45) is 0 Å². The molecule has 0 spiro atoms. The van der Waals surface area contributed by atoms with Crippen LogP contribution in [0.3, 0.4) is 0 Å². The molecule has 0 radical (unpaired) electrons. The number of nitrogens with one attached hydrogen (secondary N) is 2. The van der Waals surface area contributed by atoms with E-state index in [1.807, 2.05) is 56.4 Å². The van der Waals surface area contributed by atoms with Gasteiger partial charge in [-0.1, -0.05) is 30.3 Å². The van der Waals surface area contributed by atoms with Crippen LogP contribution in [0.5, 0.6) is 5.75 Å². The monoisotopic (exact) mass is 390 g/mol. The Hall–Kier alpha value is -3.21. The minimum absolute atomic E-state index is 0.0304. The first-order valence-electron chi connectivity index (χ1n) is 10.2. The van der Waals surface area contributed by atoms with E-state index < -0.39 is 0 Å². The van der Waals surface area contributed by atoms with Crippen molar-refractivity contribution in [1.82, 2.24) is 10.3 Å². The predicted octanol–water partition coefficient (Wildman–Crippen LogP) is 5.51. The average Bonchev–Trinajstić information content (AvgIpc) is 3.33. The van der Waals surface area contributed by atoms with Crippen LogP contribution in [-0.2, 0) is 11.2 Å². The van der Waals surface area contributed by atoms with Crippen LogP contribution in [0.2, 0.25) is 0 Å². The maximum Gasteiger partial charge on any atom is 0.220 e. The third-order valence-electron chi connectivity index (χ3n) is 5.16. The molecule has 2 N–H and O–H groups in total. The summed E-state index contributed by atoms with van der Waals surface area (Å²) in [6, 6.07) is 15.8. The molecule has 29 heavy (non-hydrogen) atoms. The van der Waals surface area contributed by atoms with Gasteiger partial charge in [0.15, 0.2) is 11.3 Å². The Bertz CT molecular complexity index is 1130. The van der Waals surface area contributed by atoms with Crippen molar-refractivity contribution in [2.75, 3.05) is 6.61 Å². The molecule has 1 atom stereocenters. The normalized spacial score (nSPS) is 12.3. The third kappa shape index (κ3) is 4.14. The first kappa shape index (κ1) is 19.1. The van der Waals surface area contributed by atoms with Crippen molar-refractivity contribution in [3.8, 4) is 5.75 Å². The smallest absolute Gasteiger partial charge is 0.220 e. The third-order valence-corrected chi connectivity index (χ3v) is 5.16. The first-order chi connectivity index (χ1) is 14.2. The van der Waals surface area contributed by atoms with Crippen LogP contribution in [0.1, 0.15) is 44.1 Å². The molecule has 0 saturated heterocycles. The summed E-state index contributed by atoms with van der Waals surface area (Å²) in [5.41, 5.74) is 3.11. The lowest BCUT2D eigenvalue weighted by Crippen LogP contribution is -2.26. The van der Waals surface area contributed by atoms with Crippen molar-refractivity contribution in [2.45, 2.75) is 39.2 Å². The number of benzene rings is 2. The number of aromatic nitrogens is 1. The molecule has 2 aromatic carbocycles. The Kier molecular flexibility index (Phi) is 5.56. The molecule has 0 fully saturated rings. The van der Waals surface area contributed by atoms with Gasteiger partial charge in [0.05, 0.1) is 12.6 Å². The predicted molar refractivity (Wildman–Crippen MR) is 115 cm³/mol. The molecule has 5 heteroatoms. The number of furan rings is 1. The van der Waals surface area contributed by atoms with Gasteiger partial charge in [-0.05, 0) is 50.5 Å². The highest BCUT2D eigenvalue weighted by atomic mass is 16.5. The zero-order valence-corrected chi connectivity index (χ0v) is 16.8. The van der Waals surface area contributed by atoms with Crippen molar-refractivity contribution in [1.29, 1.82) is 0 Å². The van der Waals surface area contributed by atoms with Gasteiger partial charge < -0.3 is 19.5 Å². The number of para-hydroxylation sites is 2. The average molecular weight is 390 g/mol. The fourth-order valence-electron chi connectivity index (χ4n) is 3.70. The van der Waals surface area contributed by atoms with E-state index in [2.05, 4.69) is 22.4 Å². The number of ether oxygens (including phenoxy) is 1. The molecule has 5 nitrogen and oxygen atoms in total. The number of hydrogen-bond donors (Lipinski definition) is 2. The Labute approximate surface area is 170 Å². The summed E-state index contributed by atoms with van der Waals surface area (Å²) in [5.74, 6) is 1.49. The molecule has 1 unspecified atom stereocenters. The van der Waals surface area contributed by atoms with Gasteiger partial charge in [-0.25, -0.2) is 0 Å². The van der Waals surface area contributed by atoms with E-state index in [1.165, 1.54) is 10.9 Å². The van der Waals surface area contributed by atoms with Crippen LogP contribution in [0.25, 0.3) is 21.9 Å². The molecule has 150 valence electrons. The number of fused-ring (bicyclic) bond motifs is 2. The number of aryl methyl sites for hydroxylation is 1. The van der Waals surface area contributed by atoms with Crippen molar-refractivity contribution >= 4 is 27.8 Å². The number of aromatic amines is 1. The summed E-state index contributed by atoms with van der Waals surface area (Å²) >= 11 is 0. The van der Waals surface area contributed by atoms with E-state index in [-0.39, 0.29) is 11.9 Å². The second-order valence-electron chi connectivity index (χ2n) is 7.26. The quantitative estimate of drug-likeness (QED) is 0.417. The number of carbonyl (C=O) groups is 1. The summed E-state index contributed by atoms with van der Waals surface area (Å²) in [6.07, 6.45) is 4.19. The number of carbonyl (C=O) groups excluding carboxylic acids is 1. The highest BCUT2D eigenvalue weighted by molar-refractivity contribution is 5.84.